The smallest absolute Gasteiger partial charge is 0.418 e. The molecule has 323 valence electrons. The van der Waals surface area contributed by atoms with Crippen LogP contribution in [-0.2, 0) is 36.5 Å². The minimum Gasteiger partial charge on any atom is -0.512 e. The van der Waals surface area contributed by atoms with Crippen LogP contribution in [0.25, 0.3) is 53.3 Å². The van der Waals surface area contributed by atoms with Crippen molar-refractivity contribution in [2.45, 2.75) is 109 Å². The number of hydrogen-bond acceptors (Lipinski definition) is 4. The van der Waals surface area contributed by atoms with Crippen LogP contribution in [0.5, 0.6) is 0 Å². The molecule has 0 aliphatic carbocycles. The third kappa shape index (κ3) is 10.1. The number of pyridine rings is 1. The van der Waals surface area contributed by atoms with E-state index in [4.69, 9.17) is 0 Å². The number of fused-ring (bicyclic) bond motifs is 3. The molecular formula is C52H61F3IrNO2S-. The molecule has 0 saturated heterocycles. The minimum absolute atomic E-state index is 0. The minimum atomic E-state index is -4.52. The Morgan fingerprint density at radius 3 is 1.87 bits per heavy atom. The fourth-order valence-corrected chi connectivity index (χ4v) is 10.6. The summed E-state index contributed by atoms with van der Waals surface area (Å²) in [5.41, 5.74) is 5.23. The van der Waals surface area contributed by atoms with Crippen molar-refractivity contribution in [3.63, 3.8) is 0 Å². The van der Waals surface area contributed by atoms with E-state index in [0.717, 1.165) is 54.9 Å². The number of aliphatic hydroxyl groups excluding tert-OH is 1. The molecule has 8 heteroatoms. The van der Waals surface area contributed by atoms with Crippen molar-refractivity contribution in [1.29, 1.82) is 0 Å². The molecule has 6 rings (SSSR count). The molecule has 6 aromatic rings. The molecule has 60 heavy (non-hydrogen) atoms. The van der Waals surface area contributed by atoms with Crippen LogP contribution >= 0.6 is 11.3 Å². The van der Waals surface area contributed by atoms with E-state index >= 15 is 0 Å². The van der Waals surface area contributed by atoms with E-state index in [1.165, 1.54) is 17.4 Å². The molecular weight excluding hydrogens is 952 g/mol. The number of aliphatic hydroxyl groups is 1. The van der Waals surface area contributed by atoms with Gasteiger partial charge in [0.05, 0.1) is 11.3 Å². The van der Waals surface area contributed by atoms with E-state index in [0.29, 0.717) is 45.2 Å². The van der Waals surface area contributed by atoms with E-state index in [9.17, 15) is 23.1 Å². The number of nitrogens with zero attached hydrogens (tertiary/aromatic N) is 1. The summed E-state index contributed by atoms with van der Waals surface area (Å²) in [4.78, 5) is 17.7. The predicted octanol–water partition coefficient (Wildman–Crippen LogP) is 15.8. The van der Waals surface area contributed by atoms with Crippen LogP contribution in [-0.4, -0.2) is 15.9 Å². The number of carbonyl (C=O) groups is 1. The number of benzene rings is 4. The van der Waals surface area contributed by atoms with E-state index in [1.54, 1.807) is 0 Å². The second kappa shape index (κ2) is 19.0. The number of aromatic nitrogens is 1. The Labute approximate surface area is 373 Å². The van der Waals surface area contributed by atoms with E-state index < -0.39 is 11.7 Å². The number of rotatable bonds is 9. The summed E-state index contributed by atoms with van der Waals surface area (Å²) in [5, 5.41) is 14.7. The number of aryl methyl sites for hydroxylation is 3. The quantitative estimate of drug-likeness (QED) is 0.0892. The first-order chi connectivity index (χ1) is 27.4. The fraction of sp³-hybridized carbons (Fsp3) is 0.423. The Kier molecular flexibility index (Phi) is 15.5. The maximum absolute atomic E-state index is 14.4. The van der Waals surface area contributed by atoms with Crippen molar-refractivity contribution in [3.05, 3.63) is 113 Å². The second-order valence-electron chi connectivity index (χ2n) is 18.6. The molecule has 0 atom stereocenters. The molecule has 0 unspecified atom stereocenters. The van der Waals surface area contributed by atoms with Gasteiger partial charge in [0.2, 0.25) is 0 Å². The summed E-state index contributed by atoms with van der Waals surface area (Å²) in [5.74, 6) is 1.63. The van der Waals surface area contributed by atoms with Crippen LogP contribution in [0.1, 0.15) is 104 Å². The molecule has 1 radical (unpaired) electrons. The van der Waals surface area contributed by atoms with Gasteiger partial charge in [-0.2, -0.15) is 13.2 Å². The van der Waals surface area contributed by atoms with Crippen molar-refractivity contribution >= 4 is 48.8 Å². The van der Waals surface area contributed by atoms with Crippen LogP contribution in [0.4, 0.5) is 13.2 Å². The molecule has 3 nitrogen and oxygen atoms in total. The van der Waals surface area contributed by atoms with Gasteiger partial charge in [-0.3, -0.25) is 9.78 Å². The number of halogens is 3. The zero-order chi connectivity index (χ0) is 43.9. The standard InChI is InChI=1S/C35H29F3NS.C17H32O2.Ir/c1-19-15-22-11-7-9-13-25(22)20(2)29(19)32-21(3)30-28(35(36,37)38)18-39-31(33(30)40-32)24-16-23-12-8-10-14-26(23)27(17-24)34(4,5)6;1-10(2)16(11(3)4)14(18)9-15(19)17(12(5)6)13(7)8;/h7-15,17-18H,1-6H3;9-13,16-18H,1-8H3;/q-1;;/b;14-9-;. The van der Waals surface area contributed by atoms with Gasteiger partial charge in [-0.05, 0) is 82.9 Å². The number of carbonyl (C=O) groups excluding carboxylic acids is 1. The van der Waals surface area contributed by atoms with Gasteiger partial charge in [0.15, 0.2) is 5.78 Å². The largest absolute Gasteiger partial charge is 0.512 e. The number of allylic oxidation sites excluding steroid dienone is 2. The van der Waals surface area contributed by atoms with Crippen molar-refractivity contribution in [3.8, 4) is 21.7 Å². The first kappa shape index (κ1) is 48.8. The normalized spacial score (nSPS) is 12.8. The van der Waals surface area contributed by atoms with Crippen LogP contribution < -0.4 is 0 Å². The molecule has 4 aromatic carbocycles. The average molecular weight is 1010 g/mol. The van der Waals surface area contributed by atoms with Gasteiger partial charge in [-0.25, -0.2) is 0 Å². The van der Waals surface area contributed by atoms with E-state index in [-0.39, 0.29) is 54.3 Å². The maximum atomic E-state index is 14.4. The molecule has 0 saturated carbocycles. The van der Waals surface area contributed by atoms with Crippen LogP contribution in [0, 0.1) is 62.3 Å². The van der Waals surface area contributed by atoms with Crippen molar-refractivity contribution in [2.75, 3.05) is 0 Å². The molecule has 0 bridgehead atoms. The van der Waals surface area contributed by atoms with E-state index in [2.05, 4.69) is 124 Å². The van der Waals surface area contributed by atoms with Gasteiger partial charge in [-0.15, -0.1) is 40.5 Å². The average Bonchev–Trinajstić information content (AvgIpc) is 3.45. The summed E-state index contributed by atoms with van der Waals surface area (Å²) in [6, 6.07) is 23.9. The van der Waals surface area contributed by atoms with Gasteiger partial charge in [0.25, 0.3) is 0 Å². The van der Waals surface area contributed by atoms with Gasteiger partial charge in [0.1, 0.15) is 0 Å². The first-order valence-corrected chi connectivity index (χ1v) is 21.7. The molecule has 2 aromatic heterocycles. The van der Waals surface area contributed by atoms with Gasteiger partial charge >= 0.3 is 6.18 Å². The summed E-state index contributed by atoms with van der Waals surface area (Å²) in [7, 11) is 0. The fourth-order valence-electron chi connectivity index (χ4n) is 9.15. The molecule has 0 aliphatic rings. The number of alkyl halides is 3. The molecule has 0 fully saturated rings. The van der Waals surface area contributed by atoms with Crippen LogP contribution in [0.15, 0.2) is 78.7 Å². The van der Waals surface area contributed by atoms with Crippen LogP contribution in [0.3, 0.4) is 0 Å². The zero-order valence-electron chi connectivity index (χ0n) is 37.6. The summed E-state index contributed by atoms with van der Waals surface area (Å²) in [6.07, 6.45) is -2.04. The summed E-state index contributed by atoms with van der Waals surface area (Å²) < 4.78 is 43.7. The van der Waals surface area contributed by atoms with E-state index in [1.807, 2.05) is 44.2 Å². The van der Waals surface area contributed by atoms with Gasteiger partial charge in [-0.1, -0.05) is 136 Å². The SMILES string of the molecule is CC(C)C(C(=O)/C=C(\O)C(C(C)C)C(C)C)C(C)C.Cc1cc2ccccc2c(C)c1-c1sc2c(-c3[c-]c4ccccc4c(C(C)(C)C)c3)ncc(C(F)(F)F)c2c1C.[Ir]. The number of thiophene rings is 1. The van der Waals surface area contributed by atoms with Crippen LogP contribution in [0.2, 0.25) is 0 Å². The van der Waals surface area contributed by atoms with Gasteiger partial charge in [0, 0.05) is 64.9 Å². The Bertz CT molecular complexity index is 2500. The zero-order valence-corrected chi connectivity index (χ0v) is 40.8. The maximum Gasteiger partial charge on any atom is 0.418 e. The molecule has 0 amide bonds. The van der Waals surface area contributed by atoms with Crippen molar-refractivity contribution in [1.82, 2.24) is 4.98 Å². The Balaban J connectivity index is 0.000000339. The topological polar surface area (TPSA) is 50.2 Å². The molecule has 1 N–H and O–H groups in total. The Hall–Kier alpha value is -3.84. The summed E-state index contributed by atoms with van der Waals surface area (Å²) in [6.45, 7) is 28.9. The van der Waals surface area contributed by atoms with Crippen molar-refractivity contribution < 1.29 is 43.2 Å². The molecule has 0 spiro atoms. The van der Waals surface area contributed by atoms with Crippen molar-refractivity contribution in [2.24, 2.45) is 35.5 Å². The predicted molar refractivity (Wildman–Crippen MR) is 244 cm³/mol. The third-order valence-corrected chi connectivity index (χ3v) is 13.0. The third-order valence-electron chi connectivity index (χ3n) is 11.7. The summed E-state index contributed by atoms with van der Waals surface area (Å²) >= 11 is 1.40. The second-order valence-corrected chi connectivity index (χ2v) is 19.6. The molecule has 2 heterocycles. The Morgan fingerprint density at radius 2 is 1.32 bits per heavy atom. The molecule has 0 aliphatic heterocycles. The van der Waals surface area contributed by atoms with Gasteiger partial charge < -0.3 is 5.11 Å². The Morgan fingerprint density at radius 1 is 0.767 bits per heavy atom. The first-order valence-electron chi connectivity index (χ1n) is 20.8. The number of ketones is 1. The monoisotopic (exact) mass is 1010 g/mol. The number of hydrogen-bond donors (Lipinski definition) is 1.